The lowest BCUT2D eigenvalue weighted by Gasteiger charge is -2.33. The van der Waals surface area contributed by atoms with Crippen molar-refractivity contribution >= 4 is 23.6 Å². The van der Waals surface area contributed by atoms with E-state index in [1.165, 1.54) is 5.56 Å². The lowest BCUT2D eigenvalue weighted by molar-refractivity contribution is -0.127. The third-order valence-corrected chi connectivity index (χ3v) is 5.39. The van der Waals surface area contributed by atoms with Crippen molar-refractivity contribution in [2.75, 3.05) is 38.0 Å². The number of carbonyl (C=O) groups excluding carboxylic acids is 2. The predicted molar refractivity (Wildman–Crippen MR) is 118 cm³/mol. The molecule has 0 radical (unpaired) electrons. The predicted octanol–water partition coefficient (Wildman–Crippen LogP) is 3.41. The molecule has 0 aliphatic carbocycles. The van der Waals surface area contributed by atoms with E-state index < -0.39 is 0 Å². The van der Waals surface area contributed by atoms with Gasteiger partial charge in [-0.3, -0.25) is 14.5 Å². The molecule has 0 unspecified atom stereocenters. The van der Waals surface area contributed by atoms with Crippen LogP contribution in [0.5, 0.6) is 0 Å². The maximum Gasteiger partial charge on any atom is 0.246 e. The van der Waals surface area contributed by atoms with Gasteiger partial charge < -0.3 is 10.2 Å². The number of nitrogens with one attached hydrogen (secondary N) is 1. The molecule has 2 aromatic carbocycles. The lowest BCUT2D eigenvalue weighted by atomic mass is 10.1. The van der Waals surface area contributed by atoms with Gasteiger partial charge >= 0.3 is 0 Å². The minimum Gasteiger partial charge on any atom is -0.337 e. The van der Waals surface area contributed by atoms with E-state index in [-0.39, 0.29) is 11.8 Å². The fraction of sp³-hybridized carbons (Fsp3) is 0.333. The second-order valence-electron chi connectivity index (χ2n) is 7.64. The highest BCUT2D eigenvalue weighted by atomic mass is 16.2. The summed E-state index contributed by atoms with van der Waals surface area (Å²) in [6.45, 7) is 9.09. The Morgan fingerprint density at radius 3 is 2.45 bits per heavy atom. The summed E-state index contributed by atoms with van der Waals surface area (Å²) in [6.07, 6.45) is 3.50. The average Bonchev–Trinajstić information content (AvgIpc) is 2.70. The highest BCUT2D eigenvalue weighted by molar-refractivity contribution is 5.93. The number of hydrogen-bond acceptors (Lipinski definition) is 3. The van der Waals surface area contributed by atoms with Crippen molar-refractivity contribution in [3.63, 3.8) is 0 Å². The van der Waals surface area contributed by atoms with E-state index in [1.807, 2.05) is 68.1 Å². The second kappa shape index (κ2) is 9.52. The van der Waals surface area contributed by atoms with E-state index in [0.717, 1.165) is 22.4 Å². The SMILES string of the molecule is Cc1cccc(C=CC(=O)N2CCN(CC(=O)Nc3cccc(C)c3C)CC2)c1. The number of nitrogens with zero attached hydrogens (tertiary/aromatic N) is 2. The number of aryl methyl sites for hydroxylation is 2. The summed E-state index contributed by atoms with van der Waals surface area (Å²) in [5.74, 6) is 0.00353. The molecule has 29 heavy (non-hydrogen) atoms. The van der Waals surface area contributed by atoms with Crippen LogP contribution >= 0.6 is 0 Å². The van der Waals surface area contributed by atoms with Crippen LogP contribution in [0.2, 0.25) is 0 Å². The zero-order valence-corrected chi connectivity index (χ0v) is 17.4. The van der Waals surface area contributed by atoms with E-state index in [1.54, 1.807) is 6.08 Å². The first-order chi connectivity index (χ1) is 13.9. The van der Waals surface area contributed by atoms with E-state index in [9.17, 15) is 9.59 Å². The molecule has 1 N–H and O–H groups in total. The van der Waals surface area contributed by atoms with Gasteiger partial charge in [-0.1, -0.05) is 42.0 Å². The summed E-state index contributed by atoms with van der Waals surface area (Å²) in [4.78, 5) is 28.8. The first-order valence-corrected chi connectivity index (χ1v) is 10.0. The second-order valence-corrected chi connectivity index (χ2v) is 7.64. The van der Waals surface area contributed by atoms with Gasteiger partial charge in [0.15, 0.2) is 0 Å². The molecule has 0 saturated carbocycles. The first-order valence-electron chi connectivity index (χ1n) is 10.0. The number of rotatable bonds is 5. The minimum atomic E-state index is -0.0159. The molecule has 1 fully saturated rings. The van der Waals surface area contributed by atoms with Crippen molar-refractivity contribution in [1.29, 1.82) is 0 Å². The summed E-state index contributed by atoms with van der Waals surface area (Å²) in [5, 5.41) is 3.00. The van der Waals surface area contributed by atoms with Gasteiger partial charge in [0, 0.05) is 37.9 Å². The molecule has 0 atom stereocenters. The van der Waals surface area contributed by atoms with E-state index in [2.05, 4.69) is 16.3 Å². The average molecular weight is 392 g/mol. The summed E-state index contributed by atoms with van der Waals surface area (Å²) in [7, 11) is 0. The van der Waals surface area contributed by atoms with Crippen molar-refractivity contribution in [3.8, 4) is 0 Å². The Labute approximate surface area is 173 Å². The topological polar surface area (TPSA) is 52.7 Å². The molecule has 5 nitrogen and oxygen atoms in total. The molecule has 0 aromatic heterocycles. The van der Waals surface area contributed by atoms with Crippen LogP contribution in [0.4, 0.5) is 5.69 Å². The van der Waals surface area contributed by atoms with Gasteiger partial charge in [-0.2, -0.15) is 0 Å². The van der Waals surface area contributed by atoms with Crippen LogP contribution in [0.15, 0.2) is 48.5 Å². The summed E-state index contributed by atoms with van der Waals surface area (Å²) >= 11 is 0. The number of benzene rings is 2. The van der Waals surface area contributed by atoms with Gasteiger partial charge in [-0.15, -0.1) is 0 Å². The van der Waals surface area contributed by atoms with Crippen LogP contribution in [0.3, 0.4) is 0 Å². The van der Waals surface area contributed by atoms with Crippen LogP contribution in [0.25, 0.3) is 6.08 Å². The van der Waals surface area contributed by atoms with Crippen molar-refractivity contribution in [2.45, 2.75) is 20.8 Å². The van der Waals surface area contributed by atoms with Crippen molar-refractivity contribution < 1.29 is 9.59 Å². The van der Waals surface area contributed by atoms with Crippen LogP contribution in [0.1, 0.15) is 22.3 Å². The molecule has 0 bridgehead atoms. The monoisotopic (exact) mass is 391 g/mol. The van der Waals surface area contributed by atoms with Gasteiger partial charge in [-0.05, 0) is 49.6 Å². The molecular formula is C24H29N3O2. The molecule has 1 saturated heterocycles. The Morgan fingerprint density at radius 1 is 1.00 bits per heavy atom. The molecule has 3 rings (SSSR count). The molecule has 152 valence electrons. The van der Waals surface area contributed by atoms with Crippen LogP contribution < -0.4 is 5.32 Å². The fourth-order valence-electron chi connectivity index (χ4n) is 3.45. The van der Waals surface area contributed by atoms with Crippen LogP contribution in [-0.4, -0.2) is 54.3 Å². The van der Waals surface area contributed by atoms with E-state index in [0.29, 0.717) is 32.7 Å². The third-order valence-electron chi connectivity index (χ3n) is 5.39. The van der Waals surface area contributed by atoms with Gasteiger partial charge in [0.05, 0.1) is 6.54 Å². The van der Waals surface area contributed by atoms with Crippen molar-refractivity contribution in [1.82, 2.24) is 9.80 Å². The molecular weight excluding hydrogens is 362 g/mol. The van der Waals surface area contributed by atoms with Gasteiger partial charge in [0.2, 0.25) is 11.8 Å². The number of hydrogen-bond donors (Lipinski definition) is 1. The molecule has 2 amide bonds. The third kappa shape index (κ3) is 5.78. The summed E-state index contributed by atoms with van der Waals surface area (Å²) in [6, 6.07) is 14.0. The van der Waals surface area contributed by atoms with Gasteiger partial charge in [0.25, 0.3) is 0 Å². The molecule has 2 aromatic rings. The number of anilines is 1. The number of carbonyl (C=O) groups is 2. The Balaban J connectivity index is 1.46. The smallest absolute Gasteiger partial charge is 0.246 e. The standard InChI is InChI=1S/C24H29N3O2/c1-18-6-4-8-21(16-18)10-11-24(29)27-14-12-26(13-15-27)17-23(28)25-22-9-5-7-19(2)20(22)3/h4-11,16H,12-15,17H2,1-3H3,(H,25,28). The van der Waals surface area contributed by atoms with E-state index >= 15 is 0 Å². The maximum absolute atomic E-state index is 12.4. The Kier molecular flexibility index (Phi) is 6.83. The van der Waals surface area contributed by atoms with Crippen molar-refractivity contribution in [2.24, 2.45) is 0 Å². The summed E-state index contributed by atoms with van der Waals surface area (Å²) in [5.41, 5.74) is 5.32. The normalized spacial score (nSPS) is 14.9. The molecule has 1 heterocycles. The molecule has 5 heteroatoms. The lowest BCUT2D eigenvalue weighted by Crippen LogP contribution is -2.50. The van der Waals surface area contributed by atoms with Crippen LogP contribution in [0, 0.1) is 20.8 Å². The minimum absolute atomic E-state index is 0.0159. The first kappa shape index (κ1) is 20.8. The zero-order chi connectivity index (χ0) is 20.8. The zero-order valence-electron chi connectivity index (χ0n) is 17.4. The largest absolute Gasteiger partial charge is 0.337 e. The van der Waals surface area contributed by atoms with Gasteiger partial charge in [-0.25, -0.2) is 0 Å². The summed E-state index contributed by atoms with van der Waals surface area (Å²) < 4.78 is 0. The highest BCUT2D eigenvalue weighted by Crippen LogP contribution is 2.18. The maximum atomic E-state index is 12.4. The van der Waals surface area contributed by atoms with Crippen molar-refractivity contribution in [3.05, 3.63) is 70.8 Å². The Bertz CT molecular complexity index is 912. The highest BCUT2D eigenvalue weighted by Gasteiger charge is 2.21. The Morgan fingerprint density at radius 2 is 1.72 bits per heavy atom. The Hall–Kier alpha value is -2.92. The molecule has 1 aliphatic rings. The van der Waals surface area contributed by atoms with Crippen LogP contribution in [-0.2, 0) is 9.59 Å². The van der Waals surface area contributed by atoms with E-state index in [4.69, 9.17) is 0 Å². The molecule has 1 aliphatic heterocycles. The molecule has 0 spiro atoms. The van der Waals surface area contributed by atoms with Gasteiger partial charge in [0.1, 0.15) is 0 Å². The quantitative estimate of drug-likeness (QED) is 0.795. The number of amides is 2. The fourth-order valence-corrected chi connectivity index (χ4v) is 3.45. The number of piperazine rings is 1.